The van der Waals surface area contributed by atoms with E-state index in [1.165, 1.54) is 33.7 Å². The van der Waals surface area contributed by atoms with Gasteiger partial charge >= 0.3 is 0 Å². The molecule has 0 fully saturated rings. The minimum atomic E-state index is 0.0972. The van der Waals surface area contributed by atoms with Gasteiger partial charge in [-0.2, -0.15) is 0 Å². The van der Waals surface area contributed by atoms with E-state index in [4.69, 9.17) is 10.8 Å². The van der Waals surface area contributed by atoms with Crippen LogP contribution in [0.1, 0.15) is 40.5 Å². The number of aliphatic hydroxyl groups excluding tert-OH is 1. The molecule has 0 atom stereocenters. The molecule has 94 valence electrons. The van der Waals surface area contributed by atoms with Crippen molar-refractivity contribution in [2.75, 3.05) is 25.5 Å². The van der Waals surface area contributed by atoms with E-state index in [-0.39, 0.29) is 6.61 Å². The lowest BCUT2D eigenvalue weighted by Crippen LogP contribution is -2.02. The largest absolute Gasteiger partial charge is 0.395 e. The lowest BCUT2D eigenvalue weighted by Gasteiger charge is -2.05. The Balaban J connectivity index is 0. The maximum atomic E-state index is 7.75. The minimum absolute atomic E-state index is 0.0972. The second kappa shape index (κ2) is 14.3. The van der Waals surface area contributed by atoms with Gasteiger partial charge in [-0.1, -0.05) is 27.7 Å². The zero-order valence-electron chi connectivity index (χ0n) is 10.9. The van der Waals surface area contributed by atoms with E-state index in [9.17, 15) is 0 Å². The van der Waals surface area contributed by atoms with E-state index in [0.717, 1.165) is 11.8 Å². The van der Waals surface area contributed by atoms with Crippen LogP contribution in [0.3, 0.4) is 0 Å². The average molecular weight is 235 g/mol. The highest BCUT2D eigenvalue weighted by Crippen LogP contribution is 2.18. The number of nitrogens with two attached hydrogens (primary N) is 1. The highest BCUT2D eigenvalue weighted by Gasteiger charge is 1.95. The molecule has 0 saturated carbocycles. The van der Waals surface area contributed by atoms with E-state index in [1.807, 2.05) is 0 Å². The Labute approximate surface area is 97.8 Å². The van der Waals surface area contributed by atoms with Crippen molar-refractivity contribution in [1.29, 1.82) is 0 Å². The van der Waals surface area contributed by atoms with E-state index >= 15 is 0 Å². The fourth-order valence-corrected chi connectivity index (χ4v) is 2.72. The zero-order valence-corrected chi connectivity index (χ0v) is 11.9. The molecule has 0 aliphatic rings. The van der Waals surface area contributed by atoms with E-state index in [2.05, 4.69) is 27.7 Å². The van der Waals surface area contributed by atoms with Crippen molar-refractivity contribution in [3.8, 4) is 0 Å². The van der Waals surface area contributed by atoms with Crippen LogP contribution in [0.15, 0.2) is 0 Å². The summed E-state index contributed by atoms with van der Waals surface area (Å²) < 4.78 is 0. The van der Waals surface area contributed by atoms with Gasteiger partial charge in [0.25, 0.3) is 0 Å². The number of aliphatic hydroxyl groups is 1. The van der Waals surface area contributed by atoms with Crippen LogP contribution in [0.4, 0.5) is 0 Å². The molecular formula is C12H30NOP. The van der Waals surface area contributed by atoms with Crippen LogP contribution in [0.2, 0.25) is 0 Å². The van der Waals surface area contributed by atoms with E-state index < -0.39 is 0 Å². The molecule has 2 nitrogen and oxygen atoms in total. The molecule has 0 aromatic carbocycles. The Morgan fingerprint density at radius 3 is 1.53 bits per heavy atom. The molecule has 0 aliphatic carbocycles. The van der Waals surface area contributed by atoms with Crippen molar-refractivity contribution >= 4 is 8.58 Å². The van der Waals surface area contributed by atoms with E-state index in [1.54, 1.807) is 0 Å². The monoisotopic (exact) mass is 235 g/mol. The van der Waals surface area contributed by atoms with Crippen LogP contribution in [0.5, 0.6) is 0 Å². The van der Waals surface area contributed by atoms with Crippen LogP contribution in [-0.2, 0) is 0 Å². The molecule has 0 spiro atoms. The number of rotatable bonds is 7. The lowest BCUT2D eigenvalue weighted by molar-refractivity contribution is 0.306. The molecule has 3 heteroatoms. The highest BCUT2D eigenvalue weighted by atomic mass is 31.1. The van der Waals surface area contributed by atoms with Gasteiger partial charge in [0.15, 0.2) is 0 Å². The fourth-order valence-electron chi connectivity index (χ4n) is 0.906. The third-order valence-electron chi connectivity index (χ3n) is 1.93. The molecule has 0 amide bonds. The van der Waals surface area contributed by atoms with Crippen LogP contribution < -0.4 is 5.73 Å². The first-order valence-corrected chi connectivity index (χ1v) is 7.47. The van der Waals surface area contributed by atoms with Gasteiger partial charge in [-0.05, 0) is 37.0 Å². The molecule has 0 bridgehead atoms. The molecule has 0 unspecified atom stereocenters. The van der Waals surface area contributed by atoms with Gasteiger partial charge < -0.3 is 10.8 Å². The van der Waals surface area contributed by atoms with E-state index in [0.29, 0.717) is 6.54 Å². The molecule has 0 rings (SSSR count). The molecule has 0 aliphatic heterocycles. The van der Waals surface area contributed by atoms with Crippen LogP contribution >= 0.6 is 8.58 Å². The fraction of sp³-hybridized carbons (Fsp3) is 1.00. The van der Waals surface area contributed by atoms with Crippen molar-refractivity contribution in [3.05, 3.63) is 0 Å². The summed E-state index contributed by atoms with van der Waals surface area (Å²) in [5.41, 5.74) is 4.78. The predicted octanol–water partition coefficient (Wildman–Crippen LogP) is 2.69. The van der Waals surface area contributed by atoms with Gasteiger partial charge in [-0.25, -0.2) is 0 Å². The molecule has 0 heterocycles. The summed E-state index contributed by atoms with van der Waals surface area (Å²) in [6.45, 7) is 9.72. The van der Waals surface area contributed by atoms with Crippen LogP contribution in [-0.4, -0.2) is 30.6 Å². The second-order valence-corrected chi connectivity index (χ2v) is 6.13. The van der Waals surface area contributed by atoms with Crippen molar-refractivity contribution in [1.82, 2.24) is 0 Å². The Bertz CT molecular complexity index is 95.8. The Morgan fingerprint density at radius 1 is 1.00 bits per heavy atom. The summed E-state index contributed by atoms with van der Waals surface area (Å²) in [4.78, 5) is 0. The first-order valence-electron chi connectivity index (χ1n) is 6.06. The molecule has 0 saturated heterocycles. The number of hydrogen-bond donors (Lipinski definition) is 2. The normalized spacial score (nSPS) is 10.4. The SMILES string of the molecule is CC(C)CCPCCC(C)C.NCCO. The first kappa shape index (κ1) is 17.7. The summed E-state index contributed by atoms with van der Waals surface area (Å²) in [6, 6.07) is 0. The first-order chi connectivity index (χ1) is 7.04. The zero-order chi connectivity index (χ0) is 12.1. The van der Waals surface area contributed by atoms with Crippen LogP contribution in [0.25, 0.3) is 0 Å². The molecule has 15 heavy (non-hydrogen) atoms. The quantitative estimate of drug-likeness (QED) is 0.526. The van der Waals surface area contributed by atoms with Gasteiger partial charge in [0.1, 0.15) is 0 Å². The van der Waals surface area contributed by atoms with Crippen LogP contribution in [0, 0.1) is 11.8 Å². The maximum Gasteiger partial charge on any atom is 0.0553 e. The second-order valence-electron chi connectivity index (χ2n) is 4.63. The smallest absolute Gasteiger partial charge is 0.0553 e. The van der Waals surface area contributed by atoms with Crippen molar-refractivity contribution in [2.24, 2.45) is 17.6 Å². The predicted molar refractivity (Wildman–Crippen MR) is 73.1 cm³/mol. The minimum Gasteiger partial charge on any atom is -0.395 e. The Kier molecular flexibility index (Phi) is 17.0. The Hall–Kier alpha value is 0.350. The van der Waals surface area contributed by atoms with Gasteiger partial charge in [-0.15, -0.1) is 8.58 Å². The molecule has 0 aromatic heterocycles. The molecule has 0 radical (unpaired) electrons. The maximum absolute atomic E-state index is 7.75. The summed E-state index contributed by atoms with van der Waals surface area (Å²) in [5, 5.41) is 7.75. The van der Waals surface area contributed by atoms with Gasteiger partial charge in [0.2, 0.25) is 0 Å². The third kappa shape index (κ3) is 25.0. The van der Waals surface area contributed by atoms with Gasteiger partial charge in [-0.3, -0.25) is 0 Å². The van der Waals surface area contributed by atoms with Crippen molar-refractivity contribution in [2.45, 2.75) is 40.5 Å². The average Bonchev–Trinajstić information content (AvgIpc) is 2.17. The lowest BCUT2D eigenvalue weighted by atomic mass is 10.2. The highest BCUT2D eigenvalue weighted by molar-refractivity contribution is 7.37. The Morgan fingerprint density at radius 2 is 1.33 bits per heavy atom. The van der Waals surface area contributed by atoms with Gasteiger partial charge in [0.05, 0.1) is 6.61 Å². The summed E-state index contributed by atoms with van der Waals surface area (Å²) >= 11 is 0. The number of hydrogen-bond acceptors (Lipinski definition) is 2. The summed E-state index contributed by atoms with van der Waals surface area (Å²) in [6.07, 6.45) is 5.78. The van der Waals surface area contributed by atoms with Crippen molar-refractivity contribution in [3.63, 3.8) is 0 Å². The summed E-state index contributed by atoms with van der Waals surface area (Å²) in [7, 11) is 1.22. The summed E-state index contributed by atoms with van der Waals surface area (Å²) in [5.74, 6) is 1.81. The molecular weight excluding hydrogens is 205 g/mol. The molecule has 3 N–H and O–H groups in total. The van der Waals surface area contributed by atoms with Gasteiger partial charge in [0, 0.05) is 6.54 Å². The van der Waals surface area contributed by atoms with Crippen molar-refractivity contribution < 1.29 is 5.11 Å². The topological polar surface area (TPSA) is 46.2 Å². The molecule has 0 aromatic rings. The standard InChI is InChI=1S/C10H23P.C2H7NO/c1-9(2)5-7-11-8-6-10(3)4;3-1-2-4/h9-11H,5-8H2,1-4H3;4H,1-3H2. The third-order valence-corrected chi connectivity index (χ3v) is 3.21.